The first kappa shape index (κ1) is 15.8. The lowest BCUT2D eigenvalue weighted by molar-refractivity contribution is 0.284. The minimum atomic E-state index is 0.417. The molecule has 1 aromatic rings. The highest BCUT2D eigenvalue weighted by Gasteiger charge is 2.24. The smallest absolute Gasteiger partial charge is 0.231 e. The van der Waals surface area contributed by atoms with Crippen molar-refractivity contribution >= 4 is 17.8 Å². The molecule has 0 spiro atoms. The van der Waals surface area contributed by atoms with Crippen molar-refractivity contribution in [2.45, 2.75) is 53.0 Å². The van der Waals surface area contributed by atoms with Crippen LogP contribution in [-0.4, -0.2) is 40.6 Å². The molecule has 0 amide bonds. The summed E-state index contributed by atoms with van der Waals surface area (Å²) in [6.45, 7) is 11.1. The van der Waals surface area contributed by atoms with E-state index >= 15 is 0 Å². The van der Waals surface area contributed by atoms with Gasteiger partial charge in [-0.2, -0.15) is 15.0 Å². The molecule has 1 unspecified atom stereocenters. The lowest BCUT2D eigenvalue weighted by Gasteiger charge is -2.32. The van der Waals surface area contributed by atoms with Crippen LogP contribution in [0.5, 0.6) is 0 Å². The van der Waals surface area contributed by atoms with Crippen LogP contribution in [0.1, 0.15) is 47.0 Å². The van der Waals surface area contributed by atoms with Gasteiger partial charge in [-0.15, -0.1) is 0 Å². The van der Waals surface area contributed by atoms with Crippen molar-refractivity contribution in [3.63, 3.8) is 0 Å². The Kier molecular flexibility index (Phi) is 5.59. The second kappa shape index (κ2) is 7.43. The molecule has 1 atom stereocenters. The van der Waals surface area contributed by atoms with Gasteiger partial charge in [-0.25, -0.2) is 0 Å². The highest BCUT2D eigenvalue weighted by molar-refractivity contribution is 5.44. The van der Waals surface area contributed by atoms with Gasteiger partial charge in [-0.3, -0.25) is 0 Å². The van der Waals surface area contributed by atoms with Crippen LogP contribution in [-0.2, 0) is 0 Å². The third-order valence-corrected chi connectivity index (χ3v) is 4.22. The number of nitrogens with zero attached hydrogens (tertiary/aromatic N) is 4. The molecule has 0 radical (unpaired) electrons. The molecule has 0 aromatic carbocycles. The molecule has 6 heteroatoms. The van der Waals surface area contributed by atoms with E-state index in [9.17, 15) is 0 Å². The summed E-state index contributed by atoms with van der Waals surface area (Å²) in [4.78, 5) is 15.7. The molecule has 2 N–H and O–H groups in total. The van der Waals surface area contributed by atoms with Gasteiger partial charge < -0.3 is 15.5 Å². The number of aromatic nitrogens is 3. The van der Waals surface area contributed by atoms with Crippen LogP contribution in [0.15, 0.2) is 0 Å². The second-order valence-corrected chi connectivity index (χ2v) is 5.61. The average Bonchev–Trinajstić information content (AvgIpc) is 2.38. The zero-order valence-corrected chi connectivity index (χ0v) is 13.7. The van der Waals surface area contributed by atoms with Crippen molar-refractivity contribution in [2.75, 3.05) is 35.2 Å². The van der Waals surface area contributed by atoms with Crippen LogP contribution < -0.4 is 15.5 Å². The zero-order valence-electron chi connectivity index (χ0n) is 13.7. The minimum Gasteiger partial charge on any atom is -0.354 e. The lowest BCUT2D eigenvalue weighted by Crippen LogP contribution is -2.32. The van der Waals surface area contributed by atoms with Crippen LogP contribution in [0.25, 0.3) is 0 Å². The van der Waals surface area contributed by atoms with Crippen molar-refractivity contribution in [1.82, 2.24) is 15.0 Å². The van der Waals surface area contributed by atoms with E-state index in [1.807, 2.05) is 6.92 Å². The van der Waals surface area contributed by atoms with Crippen LogP contribution >= 0.6 is 0 Å². The Balaban J connectivity index is 2.17. The first-order valence-corrected chi connectivity index (χ1v) is 8.19. The maximum absolute atomic E-state index is 4.59. The Labute approximate surface area is 127 Å². The van der Waals surface area contributed by atoms with Crippen LogP contribution in [0.4, 0.5) is 17.8 Å². The highest BCUT2D eigenvalue weighted by atomic mass is 15.3. The Morgan fingerprint density at radius 1 is 1.10 bits per heavy atom. The zero-order chi connectivity index (χ0) is 15.2. The lowest BCUT2D eigenvalue weighted by atomic mass is 9.80. The van der Waals surface area contributed by atoms with E-state index in [0.29, 0.717) is 17.9 Å². The molecule has 1 saturated carbocycles. The molecule has 1 aromatic heterocycles. The summed E-state index contributed by atoms with van der Waals surface area (Å²) < 4.78 is 0. The van der Waals surface area contributed by atoms with Gasteiger partial charge >= 0.3 is 0 Å². The molecule has 1 aliphatic rings. The van der Waals surface area contributed by atoms with Crippen molar-refractivity contribution in [3.05, 3.63) is 0 Å². The summed E-state index contributed by atoms with van der Waals surface area (Å²) in [6, 6.07) is 0.417. The molecule has 1 heterocycles. The van der Waals surface area contributed by atoms with Crippen LogP contribution in [0, 0.1) is 5.92 Å². The Hall–Kier alpha value is -1.59. The maximum atomic E-state index is 4.59. The van der Waals surface area contributed by atoms with Gasteiger partial charge in [0.15, 0.2) is 0 Å². The van der Waals surface area contributed by atoms with E-state index in [1.54, 1.807) is 0 Å². The van der Waals surface area contributed by atoms with Crippen LogP contribution in [0.2, 0.25) is 0 Å². The summed E-state index contributed by atoms with van der Waals surface area (Å²) in [5.41, 5.74) is 0. The quantitative estimate of drug-likeness (QED) is 0.768. The molecule has 6 nitrogen and oxygen atoms in total. The largest absolute Gasteiger partial charge is 0.354 e. The van der Waals surface area contributed by atoms with Crippen molar-refractivity contribution in [1.29, 1.82) is 0 Å². The summed E-state index contributed by atoms with van der Waals surface area (Å²) >= 11 is 0. The van der Waals surface area contributed by atoms with E-state index in [4.69, 9.17) is 0 Å². The first-order valence-electron chi connectivity index (χ1n) is 8.19. The molecule has 1 aliphatic carbocycles. The van der Waals surface area contributed by atoms with Gasteiger partial charge in [0.05, 0.1) is 0 Å². The van der Waals surface area contributed by atoms with E-state index in [-0.39, 0.29) is 0 Å². The number of rotatable bonds is 8. The SMILES string of the molecule is CCNc1nc(NC(C)C2CCC2)nc(N(CC)CC)n1. The molecular formula is C15H28N6. The number of hydrogen-bond acceptors (Lipinski definition) is 6. The topological polar surface area (TPSA) is 66.0 Å². The van der Waals surface area contributed by atoms with Gasteiger partial charge in [-0.1, -0.05) is 6.42 Å². The fraction of sp³-hybridized carbons (Fsp3) is 0.800. The predicted octanol–water partition coefficient (Wildman–Crippen LogP) is 2.75. The average molecular weight is 292 g/mol. The summed E-state index contributed by atoms with van der Waals surface area (Å²) in [7, 11) is 0. The van der Waals surface area contributed by atoms with Crippen molar-refractivity contribution < 1.29 is 0 Å². The van der Waals surface area contributed by atoms with Gasteiger partial charge in [0.25, 0.3) is 0 Å². The highest BCUT2D eigenvalue weighted by Crippen LogP contribution is 2.30. The number of hydrogen-bond donors (Lipinski definition) is 2. The third kappa shape index (κ3) is 3.95. The van der Waals surface area contributed by atoms with Crippen LogP contribution in [0.3, 0.4) is 0 Å². The molecule has 2 rings (SSSR count). The number of nitrogens with one attached hydrogen (secondary N) is 2. The maximum Gasteiger partial charge on any atom is 0.231 e. The second-order valence-electron chi connectivity index (χ2n) is 5.61. The molecule has 118 valence electrons. The molecule has 21 heavy (non-hydrogen) atoms. The fourth-order valence-electron chi connectivity index (χ4n) is 2.58. The van der Waals surface area contributed by atoms with Gasteiger partial charge in [0, 0.05) is 25.7 Å². The fourth-order valence-corrected chi connectivity index (χ4v) is 2.58. The number of anilines is 3. The van der Waals surface area contributed by atoms with E-state index in [2.05, 4.69) is 51.3 Å². The van der Waals surface area contributed by atoms with E-state index in [0.717, 1.165) is 31.5 Å². The molecule has 0 aliphatic heterocycles. The monoisotopic (exact) mass is 292 g/mol. The summed E-state index contributed by atoms with van der Waals surface area (Å²) in [6.07, 6.45) is 3.96. The molecule has 1 fully saturated rings. The molecule has 0 saturated heterocycles. The van der Waals surface area contributed by atoms with Gasteiger partial charge in [-0.05, 0) is 46.5 Å². The summed E-state index contributed by atoms with van der Waals surface area (Å²) in [5.74, 6) is 2.83. The van der Waals surface area contributed by atoms with E-state index in [1.165, 1.54) is 19.3 Å². The predicted molar refractivity (Wildman–Crippen MR) is 88.0 cm³/mol. The molecule has 0 bridgehead atoms. The summed E-state index contributed by atoms with van der Waals surface area (Å²) in [5, 5.41) is 6.65. The van der Waals surface area contributed by atoms with Gasteiger partial charge in [0.2, 0.25) is 17.8 Å². The third-order valence-electron chi connectivity index (χ3n) is 4.22. The van der Waals surface area contributed by atoms with Crippen molar-refractivity contribution in [2.24, 2.45) is 5.92 Å². The normalized spacial score (nSPS) is 16.2. The van der Waals surface area contributed by atoms with Crippen molar-refractivity contribution in [3.8, 4) is 0 Å². The van der Waals surface area contributed by atoms with E-state index < -0.39 is 0 Å². The Morgan fingerprint density at radius 2 is 1.76 bits per heavy atom. The molecular weight excluding hydrogens is 264 g/mol. The minimum absolute atomic E-state index is 0.417. The Morgan fingerprint density at radius 3 is 2.29 bits per heavy atom. The standard InChI is InChI=1S/C15H28N6/c1-5-16-13-18-14(17-11(4)12-9-8-10-12)20-15(19-13)21(6-2)7-3/h11-12H,5-10H2,1-4H3,(H2,16,17,18,19,20). The first-order chi connectivity index (χ1) is 10.2. The van der Waals surface area contributed by atoms with Gasteiger partial charge in [0.1, 0.15) is 0 Å². The Bertz CT molecular complexity index is 442.